The lowest BCUT2D eigenvalue weighted by Crippen LogP contribution is -2.67. The quantitative estimate of drug-likeness (QED) is 0.106. The lowest BCUT2D eigenvalue weighted by Gasteiger charge is -2.64. The van der Waals surface area contributed by atoms with Crippen molar-refractivity contribution in [3.8, 4) is 0 Å². The number of fused-ring (bicyclic) bond motifs is 7. The number of aliphatic hydroxyl groups is 8. The van der Waals surface area contributed by atoms with Gasteiger partial charge >= 0.3 is 5.97 Å². The third-order valence-corrected chi connectivity index (χ3v) is 16.9. The standard InChI is InChI=1S/C42H70O16/c1-20(19-53-23(4)44)10-15-41(52-7)22(3)42(51)29(58-41)17-40(50)27-9-8-24-16-25(11-13-38(24,5)26(27)12-14-39(40,42)6)55-37-35(33(48)31(46)28(18-43)56-37)57-36-34(49)32(47)30(45)21(2)54-36/h20-22,24-37,43,45-51H,8-19H2,1-7H3/t20-,21+,22-,24+,25+,26+,27-,28-,29+,30+,31-,32-,33+,34-,35-,36+,37-,38+,39+,40-,41-,42-/m1/s1. The molecule has 3 aliphatic heterocycles. The molecule has 7 fully saturated rings. The molecule has 4 saturated carbocycles. The molecule has 0 unspecified atom stereocenters. The van der Waals surface area contributed by atoms with E-state index in [4.69, 9.17) is 33.2 Å². The van der Waals surface area contributed by atoms with E-state index >= 15 is 0 Å². The average molecular weight is 831 g/mol. The second kappa shape index (κ2) is 16.2. The predicted octanol–water partition coefficient (Wildman–Crippen LogP) is 0.879. The summed E-state index contributed by atoms with van der Waals surface area (Å²) in [5.41, 5.74) is -3.48. The van der Waals surface area contributed by atoms with Gasteiger partial charge in [0.05, 0.1) is 37.1 Å². The van der Waals surface area contributed by atoms with E-state index in [1.165, 1.54) is 13.8 Å². The number of aliphatic hydroxyl groups excluding tert-OH is 6. The topological polar surface area (TPSA) is 244 Å². The SMILES string of the molecule is CO[C@]1(CC[C@@H](C)COC(C)=O)O[C@H]2C[C@@]3(O)[C@@H]4CC[C@H]5C[C@@H](O[C@@H]6O[C@H](CO)[C@@H](O)[C@H](O)[C@H]6O[C@@H]6O[C@@H](C)[C@H](O)[C@@H](O)[C@H]6O)CC[C@]5(C)[C@H]4CC[C@]3(C)[C@@]2(O)[C@@H]1C. The minimum absolute atomic E-state index is 0.0596. The van der Waals surface area contributed by atoms with Gasteiger partial charge in [0.2, 0.25) is 0 Å². The Bertz CT molecular complexity index is 1470. The van der Waals surface area contributed by atoms with Crippen LogP contribution < -0.4 is 0 Å². The van der Waals surface area contributed by atoms with Gasteiger partial charge in [-0.25, -0.2) is 0 Å². The van der Waals surface area contributed by atoms with Crippen LogP contribution in [-0.2, 0) is 38.0 Å². The van der Waals surface area contributed by atoms with Crippen LogP contribution >= 0.6 is 0 Å². The molecule has 16 nitrogen and oxygen atoms in total. The van der Waals surface area contributed by atoms with Crippen molar-refractivity contribution in [2.24, 2.45) is 40.4 Å². The molecule has 8 N–H and O–H groups in total. The molecule has 0 aromatic rings. The fourth-order valence-corrected chi connectivity index (χ4v) is 13.1. The van der Waals surface area contributed by atoms with E-state index in [0.717, 1.165) is 25.7 Å². The van der Waals surface area contributed by atoms with Crippen molar-refractivity contribution >= 4 is 5.97 Å². The zero-order valence-corrected chi connectivity index (χ0v) is 35.1. The summed E-state index contributed by atoms with van der Waals surface area (Å²) in [6.45, 7) is 11.0. The van der Waals surface area contributed by atoms with E-state index in [2.05, 4.69) is 6.92 Å². The van der Waals surface area contributed by atoms with Gasteiger partial charge < -0.3 is 74.0 Å². The molecule has 4 aliphatic carbocycles. The highest BCUT2D eigenvalue weighted by Crippen LogP contribution is 2.74. The monoisotopic (exact) mass is 830 g/mol. The van der Waals surface area contributed by atoms with E-state index in [1.807, 2.05) is 20.8 Å². The van der Waals surface area contributed by atoms with Gasteiger partial charge in [-0.1, -0.05) is 27.7 Å². The number of methoxy groups -OCH3 is 1. The molecule has 16 heteroatoms. The molecule has 58 heavy (non-hydrogen) atoms. The molecule has 3 heterocycles. The van der Waals surface area contributed by atoms with Crippen LogP contribution in [0.1, 0.15) is 106 Å². The molecule has 0 amide bonds. The second-order valence-corrected chi connectivity index (χ2v) is 19.6. The molecule has 334 valence electrons. The highest BCUT2D eigenvalue weighted by Gasteiger charge is 2.81. The van der Waals surface area contributed by atoms with Gasteiger partial charge in [0.1, 0.15) is 48.3 Å². The fourth-order valence-electron chi connectivity index (χ4n) is 13.1. The van der Waals surface area contributed by atoms with Gasteiger partial charge in [-0.2, -0.15) is 0 Å². The Morgan fingerprint density at radius 1 is 0.862 bits per heavy atom. The first kappa shape index (κ1) is 44.9. The van der Waals surface area contributed by atoms with Gasteiger partial charge in [-0.3, -0.25) is 4.79 Å². The van der Waals surface area contributed by atoms with Crippen molar-refractivity contribution in [2.45, 2.75) is 196 Å². The van der Waals surface area contributed by atoms with Crippen molar-refractivity contribution < 1.29 is 78.8 Å². The lowest BCUT2D eigenvalue weighted by molar-refractivity contribution is -0.371. The fraction of sp³-hybridized carbons (Fsp3) is 0.976. The molecular formula is C42H70O16. The number of esters is 1. The Kier molecular flexibility index (Phi) is 12.6. The predicted molar refractivity (Wildman–Crippen MR) is 202 cm³/mol. The summed E-state index contributed by atoms with van der Waals surface area (Å²) >= 11 is 0. The molecule has 0 spiro atoms. The van der Waals surface area contributed by atoms with Crippen LogP contribution in [0.4, 0.5) is 0 Å². The molecule has 3 saturated heterocycles. The molecule has 0 aromatic heterocycles. The molecule has 7 rings (SSSR count). The molecule has 22 atom stereocenters. The van der Waals surface area contributed by atoms with Crippen molar-refractivity contribution in [3.05, 3.63) is 0 Å². The number of carbonyl (C=O) groups excluding carboxylic acids is 1. The van der Waals surface area contributed by atoms with E-state index in [-0.39, 0.29) is 41.2 Å². The maximum Gasteiger partial charge on any atom is 0.302 e. The van der Waals surface area contributed by atoms with E-state index in [9.17, 15) is 45.6 Å². The summed E-state index contributed by atoms with van der Waals surface area (Å²) in [6.07, 6.45) is -8.24. The Labute approximate surface area is 341 Å². The summed E-state index contributed by atoms with van der Waals surface area (Å²) in [7, 11) is 1.61. The van der Waals surface area contributed by atoms with Gasteiger partial charge in [0.15, 0.2) is 18.4 Å². The third-order valence-electron chi connectivity index (χ3n) is 16.9. The van der Waals surface area contributed by atoms with Gasteiger partial charge in [-0.15, -0.1) is 0 Å². The van der Waals surface area contributed by atoms with Crippen LogP contribution in [0.3, 0.4) is 0 Å². The van der Waals surface area contributed by atoms with Gasteiger partial charge in [0, 0.05) is 38.2 Å². The first-order valence-corrected chi connectivity index (χ1v) is 21.6. The van der Waals surface area contributed by atoms with E-state index in [1.54, 1.807) is 7.11 Å². The van der Waals surface area contributed by atoms with Crippen molar-refractivity contribution in [1.82, 2.24) is 0 Å². The number of carbonyl (C=O) groups is 1. The molecule has 0 radical (unpaired) electrons. The largest absolute Gasteiger partial charge is 0.466 e. The second-order valence-electron chi connectivity index (χ2n) is 19.6. The number of ether oxygens (including phenoxy) is 7. The van der Waals surface area contributed by atoms with Crippen LogP contribution in [0.2, 0.25) is 0 Å². The molecular weight excluding hydrogens is 760 g/mol. The Morgan fingerprint density at radius 3 is 2.26 bits per heavy atom. The first-order chi connectivity index (χ1) is 27.2. The highest BCUT2D eigenvalue weighted by molar-refractivity contribution is 5.65. The van der Waals surface area contributed by atoms with Crippen LogP contribution in [0.5, 0.6) is 0 Å². The summed E-state index contributed by atoms with van der Waals surface area (Å²) in [5.74, 6) is -1.38. The van der Waals surface area contributed by atoms with Crippen molar-refractivity contribution in [3.63, 3.8) is 0 Å². The van der Waals surface area contributed by atoms with E-state index < -0.39 is 102 Å². The summed E-state index contributed by atoms with van der Waals surface area (Å²) in [6, 6.07) is 0. The number of rotatable bonds is 11. The average Bonchev–Trinajstić information content (AvgIpc) is 3.51. The van der Waals surface area contributed by atoms with Gasteiger partial charge in [0.25, 0.3) is 0 Å². The van der Waals surface area contributed by atoms with E-state index in [0.29, 0.717) is 45.1 Å². The Morgan fingerprint density at radius 2 is 1.59 bits per heavy atom. The smallest absolute Gasteiger partial charge is 0.302 e. The van der Waals surface area contributed by atoms with Crippen molar-refractivity contribution in [1.29, 1.82) is 0 Å². The van der Waals surface area contributed by atoms with Crippen LogP contribution in [0.15, 0.2) is 0 Å². The molecule has 7 aliphatic rings. The van der Waals surface area contributed by atoms with Crippen LogP contribution in [0, 0.1) is 40.4 Å². The first-order valence-electron chi connectivity index (χ1n) is 21.6. The number of hydrogen-bond donors (Lipinski definition) is 8. The molecule has 0 aromatic carbocycles. The highest BCUT2D eigenvalue weighted by atomic mass is 16.8. The lowest BCUT2D eigenvalue weighted by atomic mass is 9.42. The zero-order chi connectivity index (χ0) is 42.3. The maximum absolute atomic E-state index is 13.0. The maximum atomic E-state index is 13.0. The Hall–Kier alpha value is -1.09. The van der Waals surface area contributed by atoms with Gasteiger partial charge in [-0.05, 0) is 87.4 Å². The number of hydrogen-bond acceptors (Lipinski definition) is 16. The summed E-state index contributed by atoms with van der Waals surface area (Å²) in [4.78, 5) is 11.4. The zero-order valence-electron chi connectivity index (χ0n) is 35.1. The summed E-state index contributed by atoms with van der Waals surface area (Å²) < 4.78 is 42.2. The normalized spacial score (nSPS) is 54.5. The van der Waals surface area contributed by atoms with Crippen LogP contribution in [-0.4, -0.2) is 158 Å². The molecule has 0 bridgehead atoms. The minimum Gasteiger partial charge on any atom is -0.466 e. The Balaban J connectivity index is 1.04. The minimum atomic E-state index is -1.66. The van der Waals surface area contributed by atoms with Crippen LogP contribution in [0.25, 0.3) is 0 Å². The van der Waals surface area contributed by atoms with Crippen molar-refractivity contribution in [2.75, 3.05) is 20.3 Å². The third kappa shape index (κ3) is 6.92. The summed E-state index contributed by atoms with van der Waals surface area (Å²) in [5, 5.41) is 89.0.